The van der Waals surface area contributed by atoms with E-state index in [1.54, 1.807) is 26.0 Å². The van der Waals surface area contributed by atoms with E-state index in [9.17, 15) is 31.5 Å². The second-order valence-electron chi connectivity index (χ2n) is 11.1. The Bertz CT molecular complexity index is 1670. The van der Waals surface area contributed by atoms with Gasteiger partial charge >= 0.3 is 21.6 Å². The van der Waals surface area contributed by atoms with Gasteiger partial charge in [0.15, 0.2) is 11.5 Å². The molecular formula is C29H26F3NO6S. The zero-order valence-electron chi connectivity index (χ0n) is 22.1. The fourth-order valence-electron chi connectivity index (χ4n) is 5.07. The molecule has 0 spiro atoms. The van der Waals surface area contributed by atoms with Gasteiger partial charge in [-0.15, -0.1) is 0 Å². The Kier molecular flexibility index (Phi) is 6.29. The molecule has 0 saturated carbocycles. The van der Waals surface area contributed by atoms with Crippen molar-refractivity contribution in [2.24, 2.45) is 4.99 Å². The summed E-state index contributed by atoms with van der Waals surface area (Å²) >= 11 is 0. The number of halogens is 3. The van der Waals surface area contributed by atoms with Gasteiger partial charge in [0.05, 0.1) is 11.3 Å². The van der Waals surface area contributed by atoms with Crippen LogP contribution in [-0.2, 0) is 22.0 Å². The number of carbonyl (C=O) groups is 1. The summed E-state index contributed by atoms with van der Waals surface area (Å²) in [6.07, 6.45) is 0.291. The molecule has 3 aromatic carbocycles. The van der Waals surface area contributed by atoms with Crippen LogP contribution in [0.4, 0.5) is 13.2 Å². The van der Waals surface area contributed by atoms with Crippen molar-refractivity contribution in [1.82, 2.24) is 0 Å². The van der Waals surface area contributed by atoms with Crippen LogP contribution >= 0.6 is 0 Å². The molecule has 2 aliphatic heterocycles. The zero-order chi connectivity index (χ0) is 29.3. The number of hydrogen-bond acceptors (Lipinski definition) is 6. The van der Waals surface area contributed by atoms with Crippen LogP contribution in [0.1, 0.15) is 60.3 Å². The van der Waals surface area contributed by atoms with Gasteiger partial charge in [-0.1, -0.05) is 44.2 Å². The second kappa shape index (κ2) is 9.09. The Morgan fingerprint density at radius 3 is 2.27 bits per heavy atom. The largest absolute Gasteiger partial charge is 0.534 e. The number of alkyl halides is 3. The lowest BCUT2D eigenvalue weighted by molar-refractivity contribution is -0.0500. The summed E-state index contributed by atoms with van der Waals surface area (Å²) < 4.78 is 74.3. The highest BCUT2D eigenvalue weighted by molar-refractivity contribution is 7.88. The fourth-order valence-corrected chi connectivity index (χ4v) is 5.53. The van der Waals surface area contributed by atoms with E-state index in [-0.39, 0.29) is 11.3 Å². The van der Waals surface area contributed by atoms with Gasteiger partial charge in [0.2, 0.25) is 0 Å². The molecular weight excluding hydrogens is 547 g/mol. The van der Waals surface area contributed by atoms with Crippen LogP contribution in [0.15, 0.2) is 59.6 Å². The Morgan fingerprint density at radius 2 is 1.65 bits per heavy atom. The number of aromatic carboxylic acids is 1. The molecule has 2 aliphatic rings. The first kappa shape index (κ1) is 27.7. The van der Waals surface area contributed by atoms with Crippen LogP contribution in [0.3, 0.4) is 0 Å². The average Bonchev–Trinajstić information content (AvgIpc) is 3.19. The van der Waals surface area contributed by atoms with Crippen molar-refractivity contribution in [3.8, 4) is 22.6 Å². The number of benzene rings is 3. The molecule has 0 atom stereocenters. The highest BCUT2D eigenvalue weighted by Gasteiger charge is 2.50. The van der Waals surface area contributed by atoms with Crippen LogP contribution in [0, 0.1) is 0 Å². The van der Waals surface area contributed by atoms with Gasteiger partial charge in [-0.2, -0.15) is 21.6 Å². The number of hydrogen-bond donors (Lipinski definition) is 1. The minimum absolute atomic E-state index is 0.0533. The molecule has 3 aromatic rings. The molecule has 210 valence electrons. The summed E-state index contributed by atoms with van der Waals surface area (Å²) in [5.74, 6) is -1.58. The van der Waals surface area contributed by atoms with Gasteiger partial charge in [0.25, 0.3) is 0 Å². The minimum Gasteiger partial charge on any atom is -0.483 e. The average molecular weight is 574 g/mol. The van der Waals surface area contributed by atoms with E-state index in [0.717, 1.165) is 16.7 Å². The maximum absolute atomic E-state index is 13.2. The predicted molar refractivity (Wildman–Crippen MR) is 143 cm³/mol. The van der Waals surface area contributed by atoms with Gasteiger partial charge in [0.1, 0.15) is 5.60 Å². The third-order valence-corrected chi connectivity index (χ3v) is 7.97. The monoisotopic (exact) mass is 573 g/mol. The van der Waals surface area contributed by atoms with E-state index in [2.05, 4.69) is 4.18 Å². The van der Waals surface area contributed by atoms with Crippen molar-refractivity contribution >= 4 is 21.8 Å². The molecule has 7 nitrogen and oxygen atoms in total. The second-order valence-corrected chi connectivity index (χ2v) is 12.7. The number of ether oxygens (including phenoxy) is 1. The van der Waals surface area contributed by atoms with Gasteiger partial charge in [-0.3, -0.25) is 4.99 Å². The van der Waals surface area contributed by atoms with Crippen molar-refractivity contribution < 1.29 is 40.4 Å². The van der Waals surface area contributed by atoms with Gasteiger partial charge in [-0.05, 0) is 54.8 Å². The summed E-state index contributed by atoms with van der Waals surface area (Å²) in [7, 11) is -5.93. The SMILES string of the molecule is CC1(C)Cc2c(c(OS(=O)(=O)C(F)(F)F)cc3c2C(c2cccc(-c4ccc(C(=O)O)cc4)c2)=NCC3(C)C)O1. The van der Waals surface area contributed by atoms with E-state index < -0.39 is 38.4 Å². The van der Waals surface area contributed by atoms with Crippen molar-refractivity contribution in [3.63, 3.8) is 0 Å². The number of rotatable bonds is 5. The Morgan fingerprint density at radius 1 is 1.00 bits per heavy atom. The molecule has 0 bridgehead atoms. The number of fused-ring (bicyclic) bond motifs is 3. The third kappa shape index (κ3) is 4.83. The third-order valence-electron chi connectivity index (χ3n) is 7.01. The Balaban J connectivity index is 1.67. The van der Waals surface area contributed by atoms with Crippen molar-refractivity contribution in [3.05, 3.63) is 82.4 Å². The lowest BCUT2D eigenvalue weighted by Crippen LogP contribution is -2.32. The van der Waals surface area contributed by atoms with E-state index in [1.807, 2.05) is 38.1 Å². The van der Waals surface area contributed by atoms with Crippen LogP contribution < -0.4 is 8.92 Å². The van der Waals surface area contributed by atoms with Crippen LogP contribution in [-0.4, -0.2) is 42.9 Å². The lowest BCUT2D eigenvalue weighted by Gasteiger charge is -2.33. The lowest BCUT2D eigenvalue weighted by atomic mass is 9.74. The summed E-state index contributed by atoms with van der Waals surface area (Å²) in [6, 6.07) is 15.3. The molecule has 0 aliphatic carbocycles. The summed E-state index contributed by atoms with van der Waals surface area (Å²) in [5.41, 5.74) is -2.19. The normalized spacial score (nSPS) is 17.3. The quantitative estimate of drug-likeness (QED) is 0.291. The number of carboxylic acids is 1. The van der Waals surface area contributed by atoms with E-state index in [0.29, 0.717) is 35.4 Å². The van der Waals surface area contributed by atoms with Gasteiger partial charge < -0.3 is 14.0 Å². The highest BCUT2D eigenvalue weighted by Crippen LogP contribution is 2.50. The smallest absolute Gasteiger partial charge is 0.483 e. The predicted octanol–water partition coefficient (Wildman–Crippen LogP) is 6.12. The number of carboxylic acid groups (broad SMARTS) is 1. The van der Waals surface area contributed by atoms with Crippen molar-refractivity contribution in [1.29, 1.82) is 0 Å². The molecule has 0 saturated heterocycles. The molecule has 0 amide bonds. The van der Waals surface area contributed by atoms with Crippen LogP contribution in [0.25, 0.3) is 11.1 Å². The van der Waals surface area contributed by atoms with Crippen molar-refractivity contribution in [2.45, 2.75) is 50.6 Å². The summed E-state index contributed by atoms with van der Waals surface area (Å²) in [5, 5.41) is 9.21. The van der Waals surface area contributed by atoms with E-state index in [4.69, 9.17) is 9.73 Å². The fraction of sp³-hybridized carbons (Fsp3) is 0.310. The molecule has 0 aromatic heterocycles. The van der Waals surface area contributed by atoms with Gasteiger partial charge in [0, 0.05) is 35.1 Å². The molecule has 0 unspecified atom stereocenters. The molecule has 5 rings (SSSR count). The first-order valence-corrected chi connectivity index (χ1v) is 13.8. The number of nitrogens with zero attached hydrogens (tertiary/aromatic N) is 1. The molecule has 0 radical (unpaired) electrons. The highest BCUT2D eigenvalue weighted by atomic mass is 32.2. The maximum Gasteiger partial charge on any atom is 0.534 e. The molecule has 1 N–H and O–H groups in total. The van der Waals surface area contributed by atoms with Crippen LogP contribution in [0.2, 0.25) is 0 Å². The minimum atomic E-state index is -5.93. The van der Waals surface area contributed by atoms with Gasteiger partial charge in [-0.25, -0.2) is 4.79 Å². The first-order valence-electron chi connectivity index (χ1n) is 12.4. The topological polar surface area (TPSA) is 102 Å². The van der Waals surface area contributed by atoms with Crippen LogP contribution in [0.5, 0.6) is 11.5 Å². The zero-order valence-corrected chi connectivity index (χ0v) is 22.9. The standard InChI is InChI=1S/C29H26F3NO6S/c1-27(2)15-33-24(19-7-5-6-18(12-19)16-8-10-17(11-9-16)26(34)35)23-20-14-28(3,4)38-25(20)22(13-21(23)27)39-40(36,37)29(30,31)32/h5-13H,14-15H2,1-4H3,(H,34,35). The molecule has 2 heterocycles. The summed E-state index contributed by atoms with van der Waals surface area (Å²) in [6.45, 7) is 7.56. The molecule has 0 fully saturated rings. The molecule has 11 heteroatoms. The first-order chi connectivity index (χ1) is 18.5. The van der Waals surface area contributed by atoms with E-state index >= 15 is 0 Å². The van der Waals surface area contributed by atoms with Crippen molar-refractivity contribution in [2.75, 3.05) is 6.54 Å². The van der Waals surface area contributed by atoms with E-state index in [1.165, 1.54) is 18.2 Å². The maximum atomic E-state index is 13.2. The Hall–Kier alpha value is -3.86. The molecule has 40 heavy (non-hydrogen) atoms. The summed E-state index contributed by atoms with van der Waals surface area (Å²) in [4.78, 5) is 16.1. The number of aliphatic imine (C=N–C) groups is 1. The Labute approximate surface area is 229 Å².